The maximum Gasteiger partial charge on any atom is 0.510 e. The predicted molar refractivity (Wildman–Crippen MR) is 176 cm³/mol. The molecule has 2 aromatic heterocycles. The van der Waals surface area contributed by atoms with Crippen LogP contribution >= 0.6 is 0 Å². The number of nitrogens with one attached hydrogen (secondary N) is 1. The summed E-state index contributed by atoms with van der Waals surface area (Å²) in [6, 6.07) is 16.9. The van der Waals surface area contributed by atoms with Crippen LogP contribution < -0.4 is 10.9 Å². The van der Waals surface area contributed by atoms with Gasteiger partial charge in [0.2, 0.25) is 11.5 Å². The summed E-state index contributed by atoms with van der Waals surface area (Å²) in [4.78, 5) is 59.8. The van der Waals surface area contributed by atoms with Gasteiger partial charge in [-0.3, -0.25) is 9.59 Å². The number of anilines is 1. The van der Waals surface area contributed by atoms with E-state index in [0.29, 0.717) is 24.4 Å². The molecule has 2 aliphatic heterocycles. The number of amides is 1. The first-order chi connectivity index (χ1) is 22.6. The third-order valence-electron chi connectivity index (χ3n) is 9.17. The third-order valence-corrected chi connectivity index (χ3v) is 9.17. The molecule has 47 heavy (non-hydrogen) atoms. The van der Waals surface area contributed by atoms with Crippen LogP contribution in [0.1, 0.15) is 61.9 Å². The SMILES string of the molecule is CC[C@@]1(OC(=O)OCc2ccc(NC)cc2)C(=O)OCc2c1cc1n(c2=O)Cc2c-1nc1ccccc1c2CCN(C(C)=O)C(C)C. The van der Waals surface area contributed by atoms with E-state index in [0.717, 1.165) is 33.3 Å². The second-order valence-electron chi connectivity index (χ2n) is 12.1. The number of cyclic esters (lactones) is 1. The Morgan fingerprint density at radius 2 is 1.85 bits per heavy atom. The average Bonchev–Trinajstić information content (AvgIpc) is 3.43. The number of hydrogen-bond acceptors (Lipinski definition) is 9. The molecule has 2 aliphatic rings. The van der Waals surface area contributed by atoms with Crippen LogP contribution in [0.5, 0.6) is 0 Å². The smallest absolute Gasteiger partial charge is 0.457 e. The van der Waals surface area contributed by atoms with E-state index in [4.69, 9.17) is 19.2 Å². The number of hydrogen-bond donors (Lipinski definition) is 1. The van der Waals surface area contributed by atoms with Gasteiger partial charge in [0.25, 0.3) is 5.56 Å². The van der Waals surface area contributed by atoms with E-state index in [-0.39, 0.29) is 54.8 Å². The van der Waals surface area contributed by atoms with E-state index in [2.05, 4.69) is 5.32 Å². The van der Waals surface area contributed by atoms with E-state index in [1.807, 2.05) is 74.3 Å². The van der Waals surface area contributed by atoms with Gasteiger partial charge in [0.1, 0.15) is 13.2 Å². The van der Waals surface area contributed by atoms with Crippen LogP contribution in [0.2, 0.25) is 0 Å². The fraction of sp³-hybridized carbons (Fsp3) is 0.361. The topological polar surface area (TPSA) is 129 Å². The summed E-state index contributed by atoms with van der Waals surface area (Å²) >= 11 is 0. The van der Waals surface area contributed by atoms with Crippen LogP contribution in [-0.2, 0) is 55.6 Å². The lowest BCUT2D eigenvalue weighted by atomic mass is 9.85. The Bertz CT molecular complexity index is 1950. The highest BCUT2D eigenvalue weighted by Gasteiger charge is 2.51. The molecule has 0 saturated heterocycles. The lowest BCUT2D eigenvalue weighted by molar-refractivity contribution is -0.175. The lowest BCUT2D eigenvalue weighted by Crippen LogP contribution is -2.47. The Morgan fingerprint density at radius 1 is 1.11 bits per heavy atom. The maximum atomic E-state index is 14.1. The average molecular weight is 639 g/mol. The highest BCUT2D eigenvalue weighted by Crippen LogP contribution is 2.42. The highest BCUT2D eigenvalue weighted by molar-refractivity contribution is 5.89. The standard InChI is InChI=1S/C36H38N4O7/c1-6-36(47-35(44)46-19-23-11-13-24(37-5)14-12-23)29-17-31-32-27(18-40(31)33(42)28(29)20-45-34(36)43)25(15-16-39(21(2)3)22(4)41)26-9-7-8-10-30(26)38-32/h7-14,17,21,37H,6,15-16,18-20H2,1-5H3/t36-/m0/s1. The Kier molecular flexibility index (Phi) is 8.48. The first-order valence-corrected chi connectivity index (χ1v) is 15.8. The number of para-hydroxylation sites is 1. The normalized spacial score (nSPS) is 16.3. The summed E-state index contributed by atoms with van der Waals surface area (Å²) in [7, 11) is 1.81. The molecular formula is C36H38N4O7. The van der Waals surface area contributed by atoms with E-state index in [9.17, 15) is 19.2 Å². The zero-order chi connectivity index (χ0) is 33.5. The first kappa shape index (κ1) is 31.8. The Labute approximate surface area is 272 Å². The minimum Gasteiger partial charge on any atom is -0.457 e. The van der Waals surface area contributed by atoms with Gasteiger partial charge in [-0.2, -0.15) is 0 Å². The molecule has 0 radical (unpaired) electrons. The van der Waals surface area contributed by atoms with Crippen molar-refractivity contribution >= 4 is 34.6 Å². The Morgan fingerprint density at radius 3 is 2.53 bits per heavy atom. The number of ether oxygens (including phenoxy) is 3. The highest BCUT2D eigenvalue weighted by atomic mass is 16.7. The monoisotopic (exact) mass is 638 g/mol. The van der Waals surface area contributed by atoms with Gasteiger partial charge < -0.3 is 29.0 Å². The zero-order valence-electron chi connectivity index (χ0n) is 27.2. The van der Waals surface area contributed by atoms with Crippen molar-refractivity contribution in [2.24, 2.45) is 0 Å². The summed E-state index contributed by atoms with van der Waals surface area (Å²) in [6.07, 6.45) is -0.465. The summed E-state index contributed by atoms with van der Waals surface area (Å²) < 4.78 is 18.3. The van der Waals surface area contributed by atoms with Gasteiger partial charge >= 0.3 is 12.1 Å². The van der Waals surface area contributed by atoms with Crippen LogP contribution in [-0.4, -0.2) is 52.1 Å². The molecule has 0 bridgehead atoms. The van der Waals surface area contributed by atoms with E-state index < -0.39 is 17.7 Å². The summed E-state index contributed by atoms with van der Waals surface area (Å²) in [5.74, 6) is -0.774. The molecule has 1 N–H and O–H groups in total. The van der Waals surface area contributed by atoms with Gasteiger partial charge in [-0.05, 0) is 62.1 Å². The van der Waals surface area contributed by atoms with Crippen molar-refractivity contribution in [3.8, 4) is 11.4 Å². The van der Waals surface area contributed by atoms with Crippen molar-refractivity contribution in [3.63, 3.8) is 0 Å². The zero-order valence-corrected chi connectivity index (χ0v) is 27.2. The van der Waals surface area contributed by atoms with Crippen LogP contribution in [0, 0.1) is 0 Å². The van der Waals surface area contributed by atoms with E-state index >= 15 is 0 Å². The molecule has 0 aliphatic carbocycles. The molecule has 0 saturated carbocycles. The van der Waals surface area contributed by atoms with Gasteiger partial charge in [-0.1, -0.05) is 37.3 Å². The molecule has 11 nitrogen and oxygen atoms in total. The van der Waals surface area contributed by atoms with Crippen molar-refractivity contribution in [2.75, 3.05) is 18.9 Å². The van der Waals surface area contributed by atoms with Gasteiger partial charge in [0, 0.05) is 48.8 Å². The quantitative estimate of drug-likeness (QED) is 0.214. The van der Waals surface area contributed by atoms with Gasteiger partial charge in [-0.25, -0.2) is 14.6 Å². The van der Waals surface area contributed by atoms with Crippen molar-refractivity contribution in [2.45, 2.75) is 71.9 Å². The van der Waals surface area contributed by atoms with Crippen LogP contribution in [0.15, 0.2) is 59.4 Å². The fourth-order valence-electron chi connectivity index (χ4n) is 6.65. The number of rotatable bonds is 9. The molecule has 0 unspecified atom stereocenters. The number of pyridine rings is 2. The summed E-state index contributed by atoms with van der Waals surface area (Å²) in [5, 5.41) is 3.98. The largest absolute Gasteiger partial charge is 0.510 e. The molecular weight excluding hydrogens is 600 g/mol. The van der Waals surface area contributed by atoms with Crippen LogP contribution in [0.3, 0.4) is 0 Å². The molecule has 4 heterocycles. The third kappa shape index (κ3) is 5.60. The summed E-state index contributed by atoms with van der Waals surface area (Å²) in [6.45, 7) is 7.70. The van der Waals surface area contributed by atoms with Crippen molar-refractivity contribution in [3.05, 3.63) is 92.8 Å². The number of carbonyl (C=O) groups is 3. The second kappa shape index (κ2) is 12.5. The number of benzene rings is 2. The first-order valence-electron chi connectivity index (χ1n) is 15.8. The molecule has 0 fully saturated rings. The number of carbonyl (C=O) groups excluding carboxylic acids is 3. The molecule has 244 valence electrons. The molecule has 4 aromatic rings. The maximum absolute atomic E-state index is 14.1. The Hall–Kier alpha value is -5.19. The number of nitrogens with zero attached hydrogens (tertiary/aromatic N) is 3. The van der Waals surface area contributed by atoms with Crippen molar-refractivity contribution in [1.29, 1.82) is 0 Å². The summed E-state index contributed by atoms with van der Waals surface area (Å²) in [5.41, 5.74) is 3.73. The van der Waals surface area contributed by atoms with E-state index in [1.165, 1.54) is 0 Å². The van der Waals surface area contributed by atoms with Crippen molar-refractivity contribution < 1.29 is 28.6 Å². The van der Waals surface area contributed by atoms with Gasteiger partial charge in [0.05, 0.1) is 29.0 Å². The number of aromatic nitrogens is 2. The minimum atomic E-state index is -1.88. The molecule has 1 amide bonds. The predicted octanol–water partition coefficient (Wildman–Crippen LogP) is 5.28. The molecule has 11 heteroatoms. The van der Waals surface area contributed by atoms with Crippen LogP contribution in [0.4, 0.5) is 10.5 Å². The minimum absolute atomic E-state index is 0.00649. The molecule has 1 atom stereocenters. The van der Waals surface area contributed by atoms with Gasteiger partial charge in [-0.15, -0.1) is 0 Å². The van der Waals surface area contributed by atoms with Gasteiger partial charge in [0.15, 0.2) is 0 Å². The Balaban J connectivity index is 1.39. The number of esters is 1. The van der Waals surface area contributed by atoms with Crippen LogP contribution in [0.25, 0.3) is 22.3 Å². The lowest BCUT2D eigenvalue weighted by Gasteiger charge is -2.35. The number of fused-ring (bicyclic) bond motifs is 5. The molecule has 2 aromatic carbocycles. The second-order valence-corrected chi connectivity index (χ2v) is 12.1. The molecule has 6 rings (SSSR count). The molecule has 0 spiro atoms. The van der Waals surface area contributed by atoms with E-state index in [1.54, 1.807) is 24.5 Å². The van der Waals surface area contributed by atoms with Crippen molar-refractivity contribution in [1.82, 2.24) is 14.5 Å². The fourth-order valence-corrected chi connectivity index (χ4v) is 6.65.